The number of piperidine rings is 1. The van der Waals surface area contributed by atoms with Crippen LogP contribution in [0.2, 0.25) is 0 Å². The second-order valence-electron chi connectivity index (χ2n) is 5.09. The summed E-state index contributed by atoms with van der Waals surface area (Å²) in [6, 6.07) is 3.51. The first-order valence-corrected chi connectivity index (χ1v) is 7.63. The number of aliphatic carboxylic acids is 1. The van der Waals surface area contributed by atoms with E-state index in [9.17, 15) is 14.7 Å². The average molecular weight is 305 g/mol. The fraction of sp³-hybridized carbons (Fsp3) is 0.357. The number of rotatable bonds is 3. The Balaban J connectivity index is 1.77. The number of carboxylic acids is 1. The molecule has 0 radical (unpaired) electrons. The largest absolute Gasteiger partial charge is 0.479 e. The van der Waals surface area contributed by atoms with Crippen molar-refractivity contribution in [3.05, 3.63) is 40.8 Å². The van der Waals surface area contributed by atoms with Gasteiger partial charge in [-0.2, -0.15) is 16.4 Å². The van der Waals surface area contributed by atoms with Crippen molar-refractivity contribution >= 4 is 23.2 Å². The molecule has 3 heterocycles. The Bertz CT molecular complexity index is 628. The van der Waals surface area contributed by atoms with Crippen molar-refractivity contribution in [2.45, 2.75) is 18.4 Å². The van der Waals surface area contributed by atoms with E-state index in [4.69, 9.17) is 0 Å². The van der Waals surface area contributed by atoms with Gasteiger partial charge >= 0.3 is 5.97 Å². The van der Waals surface area contributed by atoms with Crippen LogP contribution in [0.3, 0.4) is 0 Å². The first-order chi connectivity index (χ1) is 10.1. The van der Waals surface area contributed by atoms with Crippen molar-refractivity contribution in [1.82, 2.24) is 14.7 Å². The third-order valence-electron chi connectivity index (χ3n) is 3.99. The molecule has 0 unspecified atom stereocenters. The summed E-state index contributed by atoms with van der Waals surface area (Å²) >= 11 is 1.48. The topological polar surface area (TPSA) is 75.4 Å². The van der Waals surface area contributed by atoms with Crippen LogP contribution in [0.25, 0.3) is 0 Å². The lowest BCUT2D eigenvalue weighted by Crippen LogP contribution is -2.52. The predicted molar refractivity (Wildman–Crippen MR) is 77.3 cm³/mol. The van der Waals surface area contributed by atoms with Crippen LogP contribution in [0.4, 0.5) is 0 Å². The molecule has 1 aliphatic rings. The molecule has 2 aromatic rings. The average Bonchev–Trinajstić information content (AvgIpc) is 3.19. The van der Waals surface area contributed by atoms with Crippen LogP contribution < -0.4 is 0 Å². The van der Waals surface area contributed by atoms with E-state index in [1.54, 1.807) is 29.4 Å². The standard InChI is InChI=1S/C14H15N3O3S/c18-12(11-2-9-21-10-11)16-7-3-14(4-8-16,13(19)20)17-6-1-5-15-17/h1-2,5-6,9-10H,3-4,7-8H2,(H,19,20). The van der Waals surface area contributed by atoms with Crippen LogP contribution in [0.1, 0.15) is 23.2 Å². The Hall–Kier alpha value is -2.15. The number of thiophene rings is 1. The predicted octanol–water partition coefficient (Wildman–Crippen LogP) is 1.66. The van der Waals surface area contributed by atoms with Gasteiger partial charge in [-0.3, -0.25) is 9.48 Å². The second-order valence-corrected chi connectivity index (χ2v) is 5.87. The lowest BCUT2D eigenvalue weighted by atomic mass is 9.87. The highest BCUT2D eigenvalue weighted by Crippen LogP contribution is 2.30. The molecule has 0 aromatic carbocycles. The first kappa shape index (κ1) is 13.8. The molecule has 0 spiro atoms. The van der Waals surface area contributed by atoms with Crippen molar-refractivity contribution in [3.63, 3.8) is 0 Å². The van der Waals surface area contributed by atoms with E-state index < -0.39 is 11.5 Å². The Kier molecular flexibility index (Phi) is 3.50. The molecule has 2 aromatic heterocycles. The van der Waals surface area contributed by atoms with E-state index in [2.05, 4.69) is 5.10 Å². The fourth-order valence-corrected chi connectivity index (χ4v) is 3.34. The maximum atomic E-state index is 12.3. The molecular formula is C14H15N3O3S. The summed E-state index contributed by atoms with van der Waals surface area (Å²) in [5, 5.41) is 17.4. The summed E-state index contributed by atoms with van der Waals surface area (Å²) in [6.07, 6.45) is 3.97. The zero-order chi connectivity index (χ0) is 14.9. The monoisotopic (exact) mass is 305 g/mol. The number of likely N-dealkylation sites (tertiary alicyclic amines) is 1. The van der Waals surface area contributed by atoms with Crippen LogP contribution in [0, 0.1) is 0 Å². The molecule has 110 valence electrons. The number of carbonyl (C=O) groups excluding carboxylic acids is 1. The number of amides is 1. The van der Waals surface area contributed by atoms with Gasteiger partial charge in [-0.15, -0.1) is 0 Å². The van der Waals surface area contributed by atoms with E-state index in [1.165, 1.54) is 16.0 Å². The molecule has 3 rings (SSSR count). The molecule has 0 saturated carbocycles. The van der Waals surface area contributed by atoms with Gasteiger partial charge in [-0.05, 0) is 17.5 Å². The Labute approximate surface area is 125 Å². The van der Waals surface area contributed by atoms with E-state index in [0.717, 1.165) is 0 Å². The Morgan fingerprint density at radius 2 is 2.10 bits per heavy atom. The Morgan fingerprint density at radius 1 is 1.33 bits per heavy atom. The van der Waals surface area contributed by atoms with Gasteiger partial charge < -0.3 is 10.0 Å². The zero-order valence-corrected chi connectivity index (χ0v) is 12.1. The highest BCUT2D eigenvalue weighted by Gasteiger charge is 2.44. The number of hydrogen-bond acceptors (Lipinski definition) is 4. The molecule has 1 aliphatic heterocycles. The van der Waals surface area contributed by atoms with Crippen molar-refractivity contribution in [2.75, 3.05) is 13.1 Å². The number of nitrogens with zero attached hydrogens (tertiary/aromatic N) is 3. The lowest BCUT2D eigenvalue weighted by Gasteiger charge is -2.38. The number of hydrogen-bond donors (Lipinski definition) is 1. The van der Waals surface area contributed by atoms with E-state index >= 15 is 0 Å². The van der Waals surface area contributed by atoms with Gasteiger partial charge in [0.1, 0.15) is 0 Å². The zero-order valence-electron chi connectivity index (χ0n) is 11.3. The molecule has 1 saturated heterocycles. The normalized spacial score (nSPS) is 17.6. The summed E-state index contributed by atoms with van der Waals surface area (Å²) in [5.74, 6) is -0.926. The maximum Gasteiger partial charge on any atom is 0.331 e. The first-order valence-electron chi connectivity index (χ1n) is 6.68. The molecule has 1 N–H and O–H groups in total. The quantitative estimate of drug-likeness (QED) is 0.936. The third-order valence-corrected chi connectivity index (χ3v) is 4.67. The van der Waals surface area contributed by atoms with Crippen LogP contribution in [-0.4, -0.2) is 44.8 Å². The van der Waals surface area contributed by atoms with Crippen LogP contribution in [-0.2, 0) is 10.3 Å². The number of carboxylic acid groups (broad SMARTS) is 1. The molecule has 6 nitrogen and oxygen atoms in total. The van der Waals surface area contributed by atoms with E-state index in [1.807, 2.05) is 10.8 Å². The van der Waals surface area contributed by atoms with E-state index in [0.29, 0.717) is 31.5 Å². The molecule has 0 atom stereocenters. The third kappa shape index (κ3) is 2.33. The fourth-order valence-electron chi connectivity index (χ4n) is 2.71. The van der Waals surface area contributed by atoms with Crippen molar-refractivity contribution in [1.29, 1.82) is 0 Å². The summed E-state index contributed by atoms with van der Waals surface area (Å²) < 4.78 is 1.50. The SMILES string of the molecule is O=C(c1ccsc1)N1CCC(C(=O)O)(n2cccn2)CC1. The second kappa shape index (κ2) is 5.33. The molecule has 21 heavy (non-hydrogen) atoms. The summed E-state index contributed by atoms with van der Waals surface area (Å²) in [5.41, 5.74) is -0.378. The lowest BCUT2D eigenvalue weighted by molar-refractivity contribution is -0.150. The molecule has 1 fully saturated rings. The van der Waals surface area contributed by atoms with Gasteiger partial charge in [-0.1, -0.05) is 0 Å². The van der Waals surface area contributed by atoms with Crippen LogP contribution in [0.5, 0.6) is 0 Å². The molecule has 7 heteroatoms. The summed E-state index contributed by atoms with van der Waals surface area (Å²) in [4.78, 5) is 25.7. The summed E-state index contributed by atoms with van der Waals surface area (Å²) in [7, 11) is 0. The maximum absolute atomic E-state index is 12.3. The Morgan fingerprint density at radius 3 is 2.62 bits per heavy atom. The van der Waals surface area contributed by atoms with Gasteiger partial charge in [0.25, 0.3) is 5.91 Å². The molecular weight excluding hydrogens is 290 g/mol. The van der Waals surface area contributed by atoms with Crippen molar-refractivity contribution in [2.24, 2.45) is 0 Å². The summed E-state index contributed by atoms with van der Waals surface area (Å²) in [6.45, 7) is 0.835. The van der Waals surface area contributed by atoms with Crippen molar-refractivity contribution in [3.8, 4) is 0 Å². The van der Waals surface area contributed by atoms with Gasteiger partial charge in [0.15, 0.2) is 5.54 Å². The molecule has 1 amide bonds. The van der Waals surface area contributed by atoms with Gasteiger partial charge in [-0.25, -0.2) is 4.79 Å². The number of aromatic nitrogens is 2. The minimum absolute atomic E-state index is 0.0318. The van der Waals surface area contributed by atoms with Gasteiger partial charge in [0, 0.05) is 43.7 Å². The van der Waals surface area contributed by atoms with Gasteiger partial charge in [0.05, 0.1) is 5.56 Å². The molecule has 0 aliphatic carbocycles. The minimum Gasteiger partial charge on any atom is -0.479 e. The number of carbonyl (C=O) groups is 2. The molecule has 0 bridgehead atoms. The smallest absolute Gasteiger partial charge is 0.331 e. The highest BCUT2D eigenvalue weighted by atomic mass is 32.1. The van der Waals surface area contributed by atoms with Gasteiger partial charge in [0.2, 0.25) is 0 Å². The van der Waals surface area contributed by atoms with Crippen molar-refractivity contribution < 1.29 is 14.7 Å². The van der Waals surface area contributed by atoms with E-state index in [-0.39, 0.29) is 5.91 Å². The van der Waals surface area contributed by atoms with Crippen LogP contribution >= 0.6 is 11.3 Å². The minimum atomic E-state index is -1.05. The van der Waals surface area contributed by atoms with Crippen LogP contribution in [0.15, 0.2) is 35.3 Å². The highest BCUT2D eigenvalue weighted by molar-refractivity contribution is 7.08.